The van der Waals surface area contributed by atoms with E-state index < -0.39 is 0 Å². The molecular weight excluding hydrogens is 328 g/mol. The van der Waals surface area contributed by atoms with Crippen molar-refractivity contribution < 1.29 is 9.47 Å². The Morgan fingerprint density at radius 2 is 2.00 bits per heavy atom. The molecule has 0 radical (unpaired) electrons. The molecule has 0 bridgehead atoms. The van der Waals surface area contributed by atoms with Crippen LogP contribution in [0.5, 0.6) is 5.75 Å². The molecule has 1 unspecified atom stereocenters. The third-order valence-electron chi connectivity index (χ3n) is 4.60. The van der Waals surface area contributed by atoms with Crippen LogP contribution in [-0.2, 0) is 4.74 Å². The summed E-state index contributed by atoms with van der Waals surface area (Å²) >= 11 is 0. The minimum absolute atomic E-state index is 0.0163. The number of aryl methyl sites for hydroxylation is 1. The van der Waals surface area contributed by atoms with Gasteiger partial charge in [0, 0.05) is 30.1 Å². The first kappa shape index (κ1) is 16.7. The molecule has 0 saturated carbocycles. The second-order valence-corrected chi connectivity index (χ2v) is 6.41. The van der Waals surface area contributed by atoms with Gasteiger partial charge in [0.05, 0.1) is 12.8 Å². The van der Waals surface area contributed by atoms with E-state index in [0.717, 1.165) is 60.0 Å². The third-order valence-corrected chi connectivity index (χ3v) is 4.60. The summed E-state index contributed by atoms with van der Waals surface area (Å²) in [7, 11) is 1.67. The van der Waals surface area contributed by atoms with Gasteiger partial charge < -0.3 is 9.47 Å². The second kappa shape index (κ2) is 7.25. The lowest BCUT2D eigenvalue weighted by Crippen LogP contribution is -2.18. The van der Waals surface area contributed by atoms with Crippen LogP contribution in [0.15, 0.2) is 42.7 Å². The lowest BCUT2D eigenvalue weighted by Gasteiger charge is -2.22. The summed E-state index contributed by atoms with van der Waals surface area (Å²) in [5.74, 6) is 1.56. The molecule has 0 spiro atoms. The zero-order chi connectivity index (χ0) is 17.9. The van der Waals surface area contributed by atoms with Crippen molar-refractivity contribution in [3.63, 3.8) is 0 Å². The van der Waals surface area contributed by atoms with Crippen LogP contribution in [0.25, 0.3) is 22.5 Å². The maximum atomic E-state index is 5.91. The Balaban J connectivity index is 1.80. The molecule has 2 aromatic heterocycles. The molecule has 4 rings (SSSR count). The van der Waals surface area contributed by atoms with Crippen LogP contribution in [0.4, 0.5) is 0 Å². The highest BCUT2D eigenvalue weighted by molar-refractivity contribution is 5.78. The number of rotatable bonds is 4. The standard InChI is InChI=1S/C20H22N4O2/c1-14-21-11-10-18(22-14)17-13-24(19-5-3-4-12-26-19)23-20(17)15-6-8-16(25-2)9-7-15/h6-11,13,19H,3-5,12H2,1-2H3. The number of hydrogen-bond donors (Lipinski definition) is 0. The zero-order valence-corrected chi connectivity index (χ0v) is 15.1. The quantitative estimate of drug-likeness (QED) is 0.711. The van der Waals surface area contributed by atoms with Crippen molar-refractivity contribution in [2.45, 2.75) is 32.4 Å². The molecule has 3 heterocycles. The van der Waals surface area contributed by atoms with Gasteiger partial charge in [-0.15, -0.1) is 0 Å². The Morgan fingerprint density at radius 3 is 2.69 bits per heavy atom. The van der Waals surface area contributed by atoms with Crippen molar-refractivity contribution in [3.8, 4) is 28.3 Å². The van der Waals surface area contributed by atoms with E-state index in [2.05, 4.69) is 9.97 Å². The minimum Gasteiger partial charge on any atom is -0.497 e. The summed E-state index contributed by atoms with van der Waals surface area (Å²) in [6.07, 6.45) is 7.05. The summed E-state index contributed by atoms with van der Waals surface area (Å²) in [6.45, 7) is 2.68. The number of nitrogens with zero attached hydrogens (tertiary/aromatic N) is 4. The normalized spacial score (nSPS) is 17.2. The van der Waals surface area contributed by atoms with Crippen LogP contribution >= 0.6 is 0 Å². The maximum absolute atomic E-state index is 5.91. The number of benzene rings is 1. The van der Waals surface area contributed by atoms with Gasteiger partial charge in [0.2, 0.25) is 0 Å². The van der Waals surface area contributed by atoms with Crippen LogP contribution in [-0.4, -0.2) is 33.5 Å². The SMILES string of the molecule is COc1ccc(-c2nn(C3CCCCO3)cc2-c2ccnc(C)n2)cc1. The molecule has 1 saturated heterocycles. The number of ether oxygens (including phenoxy) is 2. The van der Waals surface area contributed by atoms with Crippen LogP contribution in [0.1, 0.15) is 31.3 Å². The summed E-state index contributed by atoms with van der Waals surface area (Å²) in [4.78, 5) is 8.80. The summed E-state index contributed by atoms with van der Waals surface area (Å²) in [5, 5.41) is 4.86. The van der Waals surface area contributed by atoms with E-state index in [-0.39, 0.29) is 6.23 Å². The van der Waals surface area contributed by atoms with E-state index >= 15 is 0 Å². The molecule has 1 fully saturated rings. The van der Waals surface area contributed by atoms with Gasteiger partial charge >= 0.3 is 0 Å². The van der Waals surface area contributed by atoms with E-state index in [9.17, 15) is 0 Å². The van der Waals surface area contributed by atoms with Gasteiger partial charge in [-0.2, -0.15) is 5.10 Å². The first-order chi connectivity index (χ1) is 12.7. The van der Waals surface area contributed by atoms with Gasteiger partial charge in [-0.05, 0) is 56.5 Å². The molecular formula is C20H22N4O2. The number of hydrogen-bond acceptors (Lipinski definition) is 5. The largest absolute Gasteiger partial charge is 0.497 e. The van der Waals surface area contributed by atoms with E-state index in [1.165, 1.54) is 0 Å². The molecule has 1 aliphatic rings. The predicted molar refractivity (Wildman–Crippen MR) is 98.8 cm³/mol. The molecule has 6 heteroatoms. The fraction of sp³-hybridized carbons (Fsp3) is 0.350. The van der Waals surface area contributed by atoms with Crippen molar-refractivity contribution in [2.24, 2.45) is 0 Å². The second-order valence-electron chi connectivity index (χ2n) is 6.41. The smallest absolute Gasteiger partial charge is 0.150 e. The molecule has 134 valence electrons. The van der Waals surface area contributed by atoms with E-state index in [1.807, 2.05) is 48.1 Å². The zero-order valence-electron chi connectivity index (χ0n) is 15.1. The number of aromatic nitrogens is 4. The van der Waals surface area contributed by atoms with Gasteiger partial charge in [0.25, 0.3) is 0 Å². The van der Waals surface area contributed by atoms with Crippen molar-refractivity contribution in [1.82, 2.24) is 19.7 Å². The average molecular weight is 350 g/mol. The fourth-order valence-corrected chi connectivity index (χ4v) is 3.23. The molecule has 3 aromatic rings. The maximum Gasteiger partial charge on any atom is 0.150 e. The summed E-state index contributed by atoms with van der Waals surface area (Å²) < 4.78 is 13.1. The van der Waals surface area contributed by atoms with E-state index in [0.29, 0.717) is 0 Å². The Morgan fingerprint density at radius 1 is 1.15 bits per heavy atom. The third kappa shape index (κ3) is 3.32. The van der Waals surface area contributed by atoms with Crippen molar-refractivity contribution in [3.05, 3.63) is 48.5 Å². The molecule has 6 nitrogen and oxygen atoms in total. The van der Waals surface area contributed by atoms with Gasteiger partial charge in [0.15, 0.2) is 0 Å². The molecule has 0 aliphatic carbocycles. The first-order valence-electron chi connectivity index (χ1n) is 8.90. The van der Waals surface area contributed by atoms with Gasteiger partial charge in [0.1, 0.15) is 23.5 Å². The summed E-state index contributed by atoms with van der Waals surface area (Å²) in [5.41, 5.74) is 3.76. The first-order valence-corrected chi connectivity index (χ1v) is 8.90. The van der Waals surface area contributed by atoms with E-state index in [4.69, 9.17) is 14.6 Å². The monoisotopic (exact) mass is 350 g/mol. The van der Waals surface area contributed by atoms with Crippen LogP contribution in [0.3, 0.4) is 0 Å². The molecule has 0 N–H and O–H groups in total. The van der Waals surface area contributed by atoms with Crippen molar-refractivity contribution in [1.29, 1.82) is 0 Å². The minimum atomic E-state index is -0.0163. The fourth-order valence-electron chi connectivity index (χ4n) is 3.23. The highest BCUT2D eigenvalue weighted by Crippen LogP contribution is 2.33. The van der Waals surface area contributed by atoms with Crippen LogP contribution in [0.2, 0.25) is 0 Å². The molecule has 0 amide bonds. The van der Waals surface area contributed by atoms with Gasteiger partial charge in [-0.1, -0.05) is 0 Å². The highest BCUT2D eigenvalue weighted by Gasteiger charge is 2.21. The molecule has 1 aromatic carbocycles. The molecule has 1 aliphatic heterocycles. The molecule has 1 atom stereocenters. The van der Waals surface area contributed by atoms with Crippen molar-refractivity contribution in [2.75, 3.05) is 13.7 Å². The number of methoxy groups -OCH3 is 1. The van der Waals surface area contributed by atoms with Crippen molar-refractivity contribution >= 4 is 0 Å². The Hall–Kier alpha value is -2.73. The highest BCUT2D eigenvalue weighted by atomic mass is 16.5. The summed E-state index contributed by atoms with van der Waals surface area (Å²) in [6, 6.07) is 9.85. The lowest BCUT2D eigenvalue weighted by molar-refractivity contribution is -0.0393. The molecule has 26 heavy (non-hydrogen) atoms. The van der Waals surface area contributed by atoms with Crippen LogP contribution in [0, 0.1) is 6.92 Å². The average Bonchev–Trinajstić information content (AvgIpc) is 3.14. The lowest BCUT2D eigenvalue weighted by atomic mass is 10.1. The topological polar surface area (TPSA) is 62.1 Å². The Kier molecular flexibility index (Phi) is 4.67. The Labute approximate surface area is 152 Å². The van der Waals surface area contributed by atoms with Gasteiger partial charge in [-0.25, -0.2) is 14.6 Å². The Bertz CT molecular complexity index is 883. The van der Waals surface area contributed by atoms with Gasteiger partial charge in [-0.3, -0.25) is 0 Å². The van der Waals surface area contributed by atoms with E-state index in [1.54, 1.807) is 13.3 Å². The predicted octanol–water partition coefficient (Wildman–Crippen LogP) is 4.02. The van der Waals surface area contributed by atoms with Crippen LogP contribution < -0.4 is 4.74 Å².